The van der Waals surface area contributed by atoms with Crippen molar-refractivity contribution in [2.24, 2.45) is 0 Å². The van der Waals surface area contributed by atoms with Crippen LogP contribution in [0.5, 0.6) is 0 Å². The monoisotopic (exact) mass is 162 g/mol. The first-order valence-electron chi connectivity index (χ1n) is 2.35. The van der Waals surface area contributed by atoms with Gasteiger partial charge in [0.15, 0.2) is 11.1 Å². The Balaban J connectivity index is 0. The van der Waals surface area contributed by atoms with Crippen molar-refractivity contribution in [3.8, 4) is 0 Å². The summed E-state index contributed by atoms with van der Waals surface area (Å²) in [6.07, 6.45) is 1.84. The molecule has 0 aliphatic rings. The minimum atomic E-state index is -1.57. The standard InChI is InChI=1S/C4H10O2S.K.H/c1-2-3-4-7(5)6;;/h2-4H2,1H3,(H,5,6);;. The van der Waals surface area contributed by atoms with Crippen molar-refractivity contribution in [1.29, 1.82) is 0 Å². The Labute approximate surface area is 95.1 Å². The predicted molar refractivity (Wildman–Crippen MR) is 37.7 cm³/mol. The SMILES string of the molecule is CCCCS(=O)O.[KH]. The third-order valence-electron chi connectivity index (χ3n) is 0.673. The van der Waals surface area contributed by atoms with Gasteiger partial charge in [-0.1, -0.05) is 13.3 Å². The van der Waals surface area contributed by atoms with Crippen molar-refractivity contribution >= 4 is 62.5 Å². The molecular formula is C4H11KO2S. The molecule has 4 heteroatoms. The Bertz CT molecular complexity index is 67.1. The van der Waals surface area contributed by atoms with Crippen molar-refractivity contribution in [3.05, 3.63) is 0 Å². The molecule has 0 heterocycles. The van der Waals surface area contributed by atoms with E-state index in [4.69, 9.17) is 4.55 Å². The number of hydrogen-bond acceptors (Lipinski definition) is 1. The molecule has 46 valence electrons. The zero-order chi connectivity index (χ0) is 5.70. The van der Waals surface area contributed by atoms with Crippen LogP contribution in [0.25, 0.3) is 0 Å². The van der Waals surface area contributed by atoms with Crippen LogP contribution in [0.4, 0.5) is 0 Å². The zero-order valence-electron chi connectivity index (χ0n) is 4.39. The van der Waals surface area contributed by atoms with E-state index < -0.39 is 11.1 Å². The second-order valence-corrected chi connectivity index (χ2v) is 2.43. The van der Waals surface area contributed by atoms with Gasteiger partial charge in [-0.15, -0.1) is 0 Å². The van der Waals surface area contributed by atoms with Crippen molar-refractivity contribution in [2.75, 3.05) is 5.75 Å². The number of rotatable bonds is 3. The van der Waals surface area contributed by atoms with Crippen LogP contribution in [0.15, 0.2) is 0 Å². The summed E-state index contributed by atoms with van der Waals surface area (Å²) in [7, 11) is 0. The predicted octanol–water partition coefficient (Wildman–Crippen LogP) is 0.360. The summed E-state index contributed by atoms with van der Waals surface area (Å²) >= 11 is -1.57. The van der Waals surface area contributed by atoms with Gasteiger partial charge in [-0.2, -0.15) is 0 Å². The van der Waals surface area contributed by atoms with Crippen LogP contribution >= 0.6 is 0 Å². The van der Waals surface area contributed by atoms with E-state index in [2.05, 4.69) is 0 Å². The van der Waals surface area contributed by atoms with Gasteiger partial charge in [0.1, 0.15) is 0 Å². The Kier molecular flexibility index (Phi) is 13.6. The van der Waals surface area contributed by atoms with Crippen LogP contribution in [-0.4, -0.2) is 65.9 Å². The van der Waals surface area contributed by atoms with Crippen molar-refractivity contribution in [1.82, 2.24) is 0 Å². The maximum atomic E-state index is 9.87. The molecule has 0 aliphatic heterocycles. The normalized spacial score (nSPS) is 12.2. The fourth-order valence-electron chi connectivity index (χ4n) is 0.268. The fraction of sp³-hybridized carbons (Fsp3) is 1.00. The second-order valence-electron chi connectivity index (χ2n) is 1.38. The average molecular weight is 162 g/mol. The van der Waals surface area contributed by atoms with E-state index in [1.807, 2.05) is 6.92 Å². The van der Waals surface area contributed by atoms with Crippen LogP contribution < -0.4 is 0 Å². The molecule has 0 bridgehead atoms. The van der Waals surface area contributed by atoms with E-state index in [0.717, 1.165) is 12.8 Å². The van der Waals surface area contributed by atoms with Crippen LogP contribution in [-0.2, 0) is 11.1 Å². The molecular weight excluding hydrogens is 151 g/mol. The first-order chi connectivity index (χ1) is 3.27. The quantitative estimate of drug-likeness (QED) is 0.480. The molecule has 0 radical (unpaired) electrons. The van der Waals surface area contributed by atoms with Gasteiger partial charge in [0, 0.05) is 5.75 Å². The van der Waals surface area contributed by atoms with Gasteiger partial charge in [-0.25, -0.2) is 4.21 Å². The molecule has 1 N–H and O–H groups in total. The third kappa shape index (κ3) is 10.7. The second kappa shape index (κ2) is 8.75. The van der Waals surface area contributed by atoms with Gasteiger partial charge in [0.05, 0.1) is 0 Å². The summed E-state index contributed by atoms with van der Waals surface area (Å²) in [4.78, 5) is 0. The van der Waals surface area contributed by atoms with Gasteiger partial charge < -0.3 is 4.55 Å². The third-order valence-corrected chi connectivity index (χ3v) is 1.31. The molecule has 0 amide bonds. The molecule has 1 unspecified atom stereocenters. The van der Waals surface area contributed by atoms with E-state index in [-0.39, 0.29) is 51.4 Å². The van der Waals surface area contributed by atoms with E-state index in [1.54, 1.807) is 0 Å². The summed E-state index contributed by atoms with van der Waals surface area (Å²) in [5, 5.41) is 0. The molecule has 0 spiro atoms. The first-order valence-corrected chi connectivity index (χ1v) is 3.62. The van der Waals surface area contributed by atoms with E-state index in [1.165, 1.54) is 0 Å². The van der Waals surface area contributed by atoms with Gasteiger partial charge in [0.2, 0.25) is 0 Å². The van der Waals surface area contributed by atoms with Crippen LogP contribution in [0.2, 0.25) is 0 Å². The topological polar surface area (TPSA) is 37.3 Å². The Morgan fingerprint density at radius 2 is 2.12 bits per heavy atom. The average Bonchev–Trinajstić information content (AvgIpc) is 1.61. The number of unbranched alkanes of at least 4 members (excludes halogenated alkanes) is 1. The molecule has 0 fully saturated rings. The van der Waals surface area contributed by atoms with Gasteiger partial charge in [-0.05, 0) is 6.42 Å². The molecule has 8 heavy (non-hydrogen) atoms. The van der Waals surface area contributed by atoms with Crippen LogP contribution in [0.3, 0.4) is 0 Å². The van der Waals surface area contributed by atoms with Crippen LogP contribution in [0, 0.1) is 0 Å². The van der Waals surface area contributed by atoms with Crippen molar-refractivity contribution < 1.29 is 8.76 Å². The van der Waals surface area contributed by atoms with Gasteiger partial charge in [0.25, 0.3) is 0 Å². The molecule has 2 nitrogen and oxygen atoms in total. The molecule has 0 aliphatic carbocycles. The maximum absolute atomic E-state index is 9.87. The molecule has 0 rings (SSSR count). The summed E-state index contributed by atoms with van der Waals surface area (Å²) in [5.41, 5.74) is 0. The van der Waals surface area contributed by atoms with E-state index in [9.17, 15) is 4.21 Å². The molecule has 1 atom stereocenters. The summed E-state index contributed by atoms with van der Waals surface area (Å²) in [6.45, 7) is 1.99. The Morgan fingerprint density at radius 3 is 2.25 bits per heavy atom. The minimum absolute atomic E-state index is 0. The first kappa shape index (κ1) is 12.4. The molecule has 0 saturated carbocycles. The Morgan fingerprint density at radius 1 is 1.62 bits per heavy atom. The molecule has 0 aromatic heterocycles. The molecule has 0 saturated heterocycles. The van der Waals surface area contributed by atoms with E-state index >= 15 is 0 Å². The van der Waals surface area contributed by atoms with E-state index in [0.29, 0.717) is 5.75 Å². The summed E-state index contributed by atoms with van der Waals surface area (Å²) in [6, 6.07) is 0. The summed E-state index contributed by atoms with van der Waals surface area (Å²) in [5.74, 6) is 0.427. The molecule has 0 aromatic rings. The van der Waals surface area contributed by atoms with Crippen LogP contribution in [0.1, 0.15) is 19.8 Å². The zero-order valence-corrected chi connectivity index (χ0v) is 5.20. The molecule has 0 aromatic carbocycles. The van der Waals surface area contributed by atoms with Crippen molar-refractivity contribution in [2.45, 2.75) is 19.8 Å². The van der Waals surface area contributed by atoms with Gasteiger partial charge >= 0.3 is 51.4 Å². The van der Waals surface area contributed by atoms with Crippen molar-refractivity contribution in [3.63, 3.8) is 0 Å². The number of hydrogen-bond donors (Lipinski definition) is 1. The fourth-order valence-corrected chi connectivity index (χ4v) is 0.803. The van der Waals surface area contributed by atoms with Gasteiger partial charge in [-0.3, -0.25) is 0 Å². The summed E-state index contributed by atoms with van der Waals surface area (Å²) < 4.78 is 18.0. The Hall–Kier alpha value is 1.75.